The highest BCUT2D eigenvalue weighted by Gasteiger charge is 2.61. The maximum absolute atomic E-state index is 11.3. The molecule has 3 fully saturated rings. The maximum Gasteiger partial charge on any atom is 0.306 e. The third kappa shape index (κ3) is 2.89. The number of carbonyl (C=O) groups is 1. The molecule has 0 spiro atoms. The van der Waals surface area contributed by atoms with E-state index in [1.165, 1.54) is 5.57 Å². The van der Waals surface area contributed by atoms with E-state index >= 15 is 0 Å². The van der Waals surface area contributed by atoms with Crippen molar-refractivity contribution in [1.29, 1.82) is 0 Å². The van der Waals surface area contributed by atoms with Crippen LogP contribution in [-0.4, -0.2) is 33.0 Å². The van der Waals surface area contributed by atoms with Gasteiger partial charge in [0.2, 0.25) is 0 Å². The predicted octanol–water partition coefficient (Wildman–Crippen LogP) is 4.40. The summed E-state index contributed by atoms with van der Waals surface area (Å²) in [5, 5.41) is 30.8. The van der Waals surface area contributed by atoms with Crippen molar-refractivity contribution in [2.24, 2.45) is 40.4 Å². The van der Waals surface area contributed by atoms with E-state index in [-0.39, 0.29) is 29.3 Å². The van der Waals surface area contributed by atoms with Gasteiger partial charge in [-0.05, 0) is 92.3 Å². The van der Waals surface area contributed by atoms with E-state index in [4.69, 9.17) is 0 Å². The molecule has 0 amide bonds. The molecule has 4 heteroatoms. The number of aliphatic hydroxyl groups excluding tert-OH is 1. The van der Waals surface area contributed by atoms with Gasteiger partial charge >= 0.3 is 5.97 Å². The molecule has 158 valence electrons. The fraction of sp³-hybridized carbons (Fsp3) is 0.875. The summed E-state index contributed by atoms with van der Waals surface area (Å²) in [6.45, 7) is 8.71. The van der Waals surface area contributed by atoms with Crippen molar-refractivity contribution in [3.8, 4) is 0 Å². The van der Waals surface area contributed by atoms with Crippen LogP contribution in [0.5, 0.6) is 0 Å². The van der Waals surface area contributed by atoms with Gasteiger partial charge in [0.25, 0.3) is 0 Å². The molecular formula is C24H38O4. The van der Waals surface area contributed by atoms with Crippen LogP contribution in [0, 0.1) is 40.4 Å². The minimum atomic E-state index is -1.13. The molecule has 28 heavy (non-hydrogen) atoms. The number of carboxylic acid groups (broad SMARTS) is 1. The highest BCUT2D eigenvalue weighted by molar-refractivity contribution is 5.68. The van der Waals surface area contributed by atoms with Gasteiger partial charge in [0.1, 0.15) is 0 Å². The Morgan fingerprint density at radius 1 is 1.25 bits per heavy atom. The quantitative estimate of drug-likeness (QED) is 0.624. The number of carboxylic acids is 1. The first-order valence-electron chi connectivity index (χ1n) is 11.3. The second-order valence-electron chi connectivity index (χ2n) is 11.3. The van der Waals surface area contributed by atoms with Crippen molar-refractivity contribution in [2.75, 3.05) is 0 Å². The average Bonchev–Trinajstić information content (AvgIpc) is 2.93. The van der Waals surface area contributed by atoms with Crippen LogP contribution in [0.15, 0.2) is 11.6 Å². The third-order valence-electron chi connectivity index (χ3n) is 9.72. The summed E-state index contributed by atoms with van der Waals surface area (Å²) in [4.78, 5) is 11.3. The van der Waals surface area contributed by atoms with Crippen LogP contribution in [0.4, 0.5) is 0 Å². The van der Waals surface area contributed by atoms with Crippen molar-refractivity contribution in [1.82, 2.24) is 0 Å². The van der Waals surface area contributed by atoms with E-state index in [9.17, 15) is 20.1 Å². The molecule has 0 saturated heterocycles. The number of rotatable bonds is 3. The SMILES string of the molecule is CC1C[C@@]2(C)C(=CC[C@H]3[C@@H]4CC[C@H](C(C)(O)CC(=O)O)[C@@]4(C)CC[C@@H]32)CC1O. The lowest BCUT2D eigenvalue weighted by Crippen LogP contribution is -2.54. The van der Waals surface area contributed by atoms with Gasteiger partial charge in [0.05, 0.1) is 18.1 Å². The van der Waals surface area contributed by atoms with E-state index in [1.807, 2.05) is 0 Å². The zero-order chi connectivity index (χ0) is 20.5. The normalized spacial score (nSPS) is 50.0. The van der Waals surface area contributed by atoms with Crippen LogP contribution in [0.3, 0.4) is 0 Å². The maximum atomic E-state index is 11.3. The van der Waals surface area contributed by atoms with Gasteiger partial charge in [-0.15, -0.1) is 0 Å². The van der Waals surface area contributed by atoms with Crippen LogP contribution in [0.1, 0.15) is 79.1 Å². The number of allylic oxidation sites excluding steroid dienone is 1. The number of aliphatic hydroxyl groups is 2. The molecule has 4 nitrogen and oxygen atoms in total. The van der Waals surface area contributed by atoms with Crippen LogP contribution < -0.4 is 0 Å². The van der Waals surface area contributed by atoms with Gasteiger partial charge in [-0.25, -0.2) is 0 Å². The van der Waals surface area contributed by atoms with Gasteiger partial charge in [0, 0.05) is 0 Å². The second kappa shape index (κ2) is 6.57. The average molecular weight is 391 g/mol. The molecule has 0 aromatic carbocycles. The largest absolute Gasteiger partial charge is 0.481 e. The minimum absolute atomic E-state index is 0.0294. The van der Waals surface area contributed by atoms with E-state index in [2.05, 4.69) is 26.8 Å². The van der Waals surface area contributed by atoms with Gasteiger partial charge in [-0.2, -0.15) is 0 Å². The molecule has 0 radical (unpaired) electrons. The molecule has 3 saturated carbocycles. The van der Waals surface area contributed by atoms with E-state index in [1.54, 1.807) is 6.92 Å². The summed E-state index contributed by atoms with van der Waals surface area (Å²) in [6, 6.07) is 0. The van der Waals surface area contributed by atoms with Crippen molar-refractivity contribution in [3.05, 3.63) is 11.6 Å². The van der Waals surface area contributed by atoms with Gasteiger partial charge in [0.15, 0.2) is 0 Å². The fourth-order valence-electron chi connectivity index (χ4n) is 8.44. The molecule has 0 aromatic heterocycles. The summed E-state index contributed by atoms with van der Waals surface area (Å²) in [5.74, 6) is 1.35. The summed E-state index contributed by atoms with van der Waals surface area (Å²) in [6.07, 6.45) is 9.35. The lowest BCUT2D eigenvalue weighted by Gasteiger charge is -2.59. The number of hydrogen-bond donors (Lipinski definition) is 3. The summed E-state index contributed by atoms with van der Waals surface area (Å²) < 4.78 is 0. The van der Waals surface area contributed by atoms with Crippen LogP contribution >= 0.6 is 0 Å². The highest BCUT2D eigenvalue weighted by atomic mass is 16.4. The van der Waals surface area contributed by atoms with E-state index in [0.717, 1.165) is 44.9 Å². The van der Waals surface area contributed by atoms with Crippen molar-refractivity contribution < 1.29 is 20.1 Å². The standard InChI is InChI=1S/C24H38O4/c1-14-12-23(3)15(11-19(14)25)5-6-16-17-7-8-20(24(4,28)13-21(26)27)22(17,2)10-9-18(16)23/h5,14,16-20,25,28H,6-13H2,1-4H3,(H,26,27)/t14?,16-,17-,18-,19?,20-,22-,23-,24?/m0/s1. The summed E-state index contributed by atoms with van der Waals surface area (Å²) in [7, 11) is 0. The Bertz CT molecular complexity index is 682. The molecule has 9 atom stereocenters. The zero-order valence-electron chi connectivity index (χ0n) is 17.9. The van der Waals surface area contributed by atoms with Crippen molar-refractivity contribution in [2.45, 2.75) is 90.8 Å². The van der Waals surface area contributed by atoms with Gasteiger partial charge < -0.3 is 15.3 Å². The first kappa shape index (κ1) is 20.4. The lowest BCUT2D eigenvalue weighted by atomic mass is 9.46. The smallest absolute Gasteiger partial charge is 0.306 e. The second-order valence-corrected chi connectivity index (χ2v) is 11.3. The van der Waals surface area contributed by atoms with Crippen molar-refractivity contribution in [3.63, 3.8) is 0 Å². The minimum Gasteiger partial charge on any atom is -0.481 e. The van der Waals surface area contributed by atoms with Gasteiger partial charge in [-0.3, -0.25) is 4.79 Å². The highest BCUT2D eigenvalue weighted by Crippen LogP contribution is 2.67. The Labute approximate surface area is 169 Å². The Kier molecular flexibility index (Phi) is 4.79. The summed E-state index contributed by atoms with van der Waals surface area (Å²) >= 11 is 0. The van der Waals surface area contributed by atoms with Crippen LogP contribution in [0.2, 0.25) is 0 Å². The Hall–Kier alpha value is -0.870. The summed E-state index contributed by atoms with van der Waals surface area (Å²) in [5.41, 5.74) is 0.576. The first-order valence-corrected chi connectivity index (χ1v) is 11.3. The Morgan fingerprint density at radius 3 is 2.64 bits per heavy atom. The molecular weight excluding hydrogens is 352 g/mol. The predicted molar refractivity (Wildman–Crippen MR) is 109 cm³/mol. The van der Waals surface area contributed by atoms with Crippen molar-refractivity contribution >= 4 is 5.97 Å². The van der Waals surface area contributed by atoms with Crippen LogP contribution in [-0.2, 0) is 4.79 Å². The number of fused-ring (bicyclic) bond motifs is 5. The third-order valence-corrected chi connectivity index (χ3v) is 9.72. The Morgan fingerprint density at radius 2 is 1.96 bits per heavy atom. The molecule has 4 rings (SSSR count). The van der Waals surface area contributed by atoms with E-state index < -0.39 is 11.6 Å². The van der Waals surface area contributed by atoms with E-state index in [0.29, 0.717) is 23.7 Å². The topological polar surface area (TPSA) is 77.8 Å². The van der Waals surface area contributed by atoms with Crippen LogP contribution in [0.25, 0.3) is 0 Å². The fourth-order valence-corrected chi connectivity index (χ4v) is 8.44. The molecule has 0 bridgehead atoms. The zero-order valence-corrected chi connectivity index (χ0v) is 17.9. The molecule has 3 N–H and O–H groups in total. The number of hydrogen-bond acceptors (Lipinski definition) is 3. The first-order chi connectivity index (χ1) is 13.0. The number of aliphatic carboxylic acids is 1. The van der Waals surface area contributed by atoms with Gasteiger partial charge in [-0.1, -0.05) is 32.4 Å². The molecule has 0 aliphatic heterocycles. The molecule has 4 aliphatic rings. The monoisotopic (exact) mass is 390 g/mol. The molecule has 4 aliphatic carbocycles. The molecule has 0 aromatic rings. The lowest BCUT2D eigenvalue weighted by molar-refractivity contribution is -0.149. The molecule has 3 unspecified atom stereocenters. The molecule has 0 heterocycles. The Balaban J connectivity index is 1.62.